The van der Waals surface area contributed by atoms with Crippen LogP contribution in [-0.2, 0) is 17.6 Å². The van der Waals surface area contributed by atoms with Crippen LogP contribution < -0.4 is 0 Å². The van der Waals surface area contributed by atoms with E-state index in [0.717, 1.165) is 51.0 Å². The summed E-state index contributed by atoms with van der Waals surface area (Å²) in [7, 11) is 11.3. The summed E-state index contributed by atoms with van der Waals surface area (Å²) < 4.78 is 0. The van der Waals surface area contributed by atoms with Crippen LogP contribution in [0.3, 0.4) is 0 Å². The van der Waals surface area contributed by atoms with Crippen LogP contribution >= 0.6 is 0 Å². The molecule has 0 N–H and O–H groups in total. The van der Waals surface area contributed by atoms with Gasteiger partial charge in [0.2, 0.25) is 5.91 Å². The van der Waals surface area contributed by atoms with Gasteiger partial charge in [-0.05, 0) is 122 Å². The van der Waals surface area contributed by atoms with Gasteiger partial charge < -0.3 is 19.6 Å². The highest BCUT2D eigenvalue weighted by Gasteiger charge is 2.36. The predicted molar refractivity (Wildman–Crippen MR) is 203 cm³/mol. The molecule has 1 amide bonds. The first-order chi connectivity index (χ1) is 23.0. The maximum atomic E-state index is 14.0. The minimum Gasteiger partial charge on any atom is -0.337 e. The second kappa shape index (κ2) is 16.8. The van der Waals surface area contributed by atoms with Gasteiger partial charge in [-0.1, -0.05) is 79.1 Å². The van der Waals surface area contributed by atoms with Crippen LogP contribution in [0, 0.1) is 13.8 Å². The average molecular weight is 654 g/mol. The molecule has 0 aromatic heterocycles. The number of aryl methyl sites for hydroxylation is 2. The fourth-order valence-corrected chi connectivity index (χ4v) is 8.54. The molecule has 5 rings (SSSR count). The number of hydrogen-bond donors (Lipinski definition) is 0. The Bertz CT molecular complexity index is 1490. The van der Waals surface area contributed by atoms with Crippen molar-refractivity contribution < 1.29 is 4.79 Å². The standard InChI is InChI=1S/C42H63N5O/c1-31-19-21-36(32(2)24-31)27-39(43(4)5)29-46-28-33(3)47(42(48)26-34-20-22-35-14-9-10-15-37(35)25-34)30-38(46)16-13-23-45(8)41-18-12-11-17-40(41)44(6)7/h9-10,14-15,19-22,24-25,33,38-41H,11-13,16-18,23,26-30H2,1-8H3/t33-,38+,39?,40?,41?/m1/s1. The van der Waals surface area contributed by atoms with E-state index in [1.807, 2.05) is 0 Å². The number of rotatable bonds is 13. The zero-order chi connectivity index (χ0) is 34.4. The normalized spacial score (nSPS) is 23.0. The first-order valence-electron chi connectivity index (χ1n) is 18.6. The molecule has 48 heavy (non-hydrogen) atoms. The fourth-order valence-electron chi connectivity index (χ4n) is 8.54. The van der Waals surface area contributed by atoms with Crippen molar-refractivity contribution in [2.24, 2.45) is 0 Å². The van der Waals surface area contributed by atoms with Crippen LogP contribution in [0.2, 0.25) is 0 Å². The topological polar surface area (TPSA) is 33.3 Å². The number of piperazine rings is 1. The summed E-state index contributed by atoms with van der Waals surface area (Å²) in [6.45, 7) is 10.6. The Balaban J connectivity index is 1.30. The van der Waals surface area contributed by atoms with Gasteiger partial charge in [-0.3, -0.25) is 9.69 Å². The predicted octanol–water partition coefficient (Wildman–Crippen LogP) is 6.66. The lowest BCUT2D eigenvalue weighted by atomic mass is 9.88. The van der Waals surface area contributed by atoms with E-state index in [2.05, 4.69) is 141 Å². The van der Waals surface area contributed by atoms with E-state index in [0.29, 0.717) is 30.6 Å². The molecule has 5 atom stereocenters. The molecule has 1 saturated carbocycles. The lowest BCUT2D eigenvalue weighted by Crippen LogP contribution is -2.61. The molecule has 1 heterocycles. The van der Waals surface area contributed by atoms with Crippen molar-refractivity contribution >= 4 is 16.7 Å². The van der Waals surface area contributed by atoms with Gasteiger partial charge in [-0.2, -0.15) is 0 Å². The van der Waals surface area contributed by atoms with Crippen molar-refractivity contribution in [2.75, 3.05) is 61.4 Å². The molecule has 3 aromatic rings. The van der Waals surface area contributed by atoms with Crippen molar-refractivity contribution in [1.29, 1.82) is 0 Å². The SMILES string of the molecule is Cc1ccc(CC(CN2C[C@@H](C)N(C(=O)Cc3ccc4ccccc4c3)C[C@@H]2CCCN(C)C2CCCCC2N(C)C)N(C)C)c(C)c1. The zero-order valence-electron chi connectivity index (χ0n) is 31.3. The lowest BCUT2D eigenvalue weighted by molar-refractivity contribution is -0.137. The van der Waals surface area contributed by atoms with E-state index in [1.54, 1.807) is 0 Å². The van der Waals surface area contributed by atoms with Crippen molar-refractivity contribution in [2.45, 2.75) is 102 Å². The third kappa shape index (κ3) is 9.26. The number of carbonyl (C=O) groups excluding carboxylic acids is 1. The Morgan fingerprint density at radius 1 is 0.875 bits per heavy atom. The summed E-state index contributed by atoms with van der Waals surface area (Å²) >= 11 is 0. The van der Waals surface area contributed by atoms with E-state index in [9.17, 15) is 4.79 Å². The molecule has 6 nitrogen and oxygen atoms in total. The molecule has 262 valence electrons. The van der Waals surface area contributed by atoms with E-state index in [4.69, 9.17) is 0 Å². The van der Waals surface area contributed by atoms with Gasteiger partial charge in [-0.15, -0.1) is 0 Å². The number of benzene rings is 3. The fraction of sp³-hybridized carbons (Fsp3) is 0.595. The molecule has 0 spiro atoms. The summed E-state index contributed by atoms with van der Waals surface area (Å²) in [5, 5.41) is 2.43. The third-order valence-corrected chi connectivity index (χ3v) is 11.5. The molecule has 0 radical (unpaired) electrons. The minimum absolute atomic E-state index is 0.184. The quantitative estimate of drug-likeness (QED) is 0.206. The van der Waals surface area contributed by atoms with Crippen molar-refractivity contribution in [3.8, 4) is 0 Å². The molecule has 0 bridgehead atoms. The largest absolute Gasteiger partial charge is 0.337 e. The van der Waals surface area contributed by atoms with Crippen LogP contribution in [0.1, 0.15) is 67.7 Å². The lowest BCUT2D eigenvalue weighted by Gasteiger charge is -2.47. The van der Waals surface area contributed by atoms with Gasteiger partial charge in [0.1, 0.15) is 0 Å². The number of hydrogen-bond acceptors (Lipinski definition) is 5. The van der Waals surface area contributed by atoms with E-state index in [1.165, 1.54) is 53.1 Å². The highest BCUT2D eigenvalue weighted by molar-refractivity contribution is 5.85. The second-order valence-corrected chi connectivity index (χ2v) is 15.6. The highest BCUT2D eigenvalue weighted by atomic mass is 16.2. The molecular weight excluding hydrogens is 590 g/mol. The van der Waals surface area contributed by atoms with E-state index in [-0.39, 0.29) is 11.9 Å². The van der Waals surface area contributed by atoms with Crippen LogP contribution in [0.4, 0.5) is 0 Å². The summed E-state index contributed by atoms with van der Waals surface area (Å²) in [6, 6.07) is 24.0. The maximum absolute atomic E-state index is 14.0. The molecule has 1 aliphatic carbocycles. The molecule has 2 fully saturated rings. The van der Waals surface area contributed by atoms with Crippen molar-refractivity contribution in [3.05, 3.63) is 82.9 Å². The Morgan fingerprint density at radius 2 is 1.60 bits per heavy atom. The van der Waals surface area contributed by atoms with Gasteiger partial charge in [0.15, 0.2) is 0 Å². The number of fused-ring (bicyclic) bond motifs is 1. The molecule has 1 saturated heterocycles. The Morgan fingerprint density at radius 3 is 2.31 bits per heavy atom. The van der Waals surface area contributed by atoms with Crippen LogP contribution in [0.5, 0.6) is 0 Å². The van der Waals surface area contributed by atoms with Gasteiger partial charge in [-0.25, -0.2) is 0 Å². The molecule has 6 heteroatoms. The van der Waals surface area contributed by atoms with Gasteiger partial charge in [0, 0.05) is 49.8 Å². The van der Waals surface area contributed by atoms with Crippen LogP contribution in [-0.4, -0.2) is 122 Å². The number of amides is 1. The summed E-state index contributed by atoms with van der Waals surface area (Å²) in [4.78, 5) is 26.4. The number of nitrogens with zero attached hydrogens (tertiary/aromatic N) is 5. The minimum atomic E-state index is 0.184. The first-order valence-corrected chi connectivity index (χ1v) is 18.6. The number of carbonyl (C=O) groups is 1. The first kappa shape index (κ1) is 36.5. The Kier molecular flexibility index (Phi) is 12.7. The van der Waals surface area contributed by atoms with Crippen molar-refractivity contribution in [1.82, 2.24) is 24.5 Å². The molecule has 1 aliphatic heterocycles. The number of likely N-dealkylation sites (N-methyl/N-ethyl adjacent to an activating group) is 3. The van der Waals surface area contributed by atoms with Crippen LogP contribution in [0.15, 0.2) is 60.7 Å². The smallest absolute Gasteiger partial charge is 0.227 e. The van der Waals surface area contributed by atoms with Gasteiger partial charge in [0.25, 0.3) is 0 Å². The third-order valence-electron chi connectivity index (χ3n) is 11.5. The molecule has 3 aromatic carbocycles. The monoisotopic (exact) mass is 654 g/mol. The Labute approximate surface area is 292 Å². The van der Waals surface area contributed by atoms with Gasteiger partial charge in [0.05, 0.1) is 6.42 Å². The highest BCUT2D eigenvalue weighted by Crippen LogP contribution is 2.27. The van der Waals surface area contributed by atoms with Crippen LogP contribution in [0.25, 0.3) is 10.8 Å². The maximum Gasteiger partial charge on any atom is 0.227 e. The zero-order valence-corrected chi connectivity index (χ0v) is 31.3. The van der Waals surface area contributed by atoms with Crippen molar-refractivity contribution in [3.63, 3.8) is 0 Å². The summed E-state index contributed by atoms with van der Waals surface area (Å²) in [5.41, 5.74) is 5.26. The summed E-state index contributed by atoms with van der Waals surface area (Å²) in [5.74, 6) is 0.259. The van der Waals surface area contributed by atoms with E-state index >= 15 is 0 Å². The van der Waals surface area contributed by atoms with Gasteiger partial charge >= 0.3 is 0 Å². The van der Waals surface area contributed by atoms with E-state index < -0.39 is 0 Å². The Hall–Kier alpha value is -2.77. The molecular formula is C42H63N5O. The molecule has 2 aliphatic rings. The summed E-state index contributed by atoms with van der Waals surface area (Å²) in [6.07, 6.45) is 9.06. The second-order valence-electron chi connectivity index (χ2n) is 15.6. The molecule has 3 unspecified atom stereocenters. The average Bonchev–Trinajstić information content (AvgIpc) is 3.06.